The van der Waals surface area contributed by atoms with Crippen LogP contribution in [0.2, 0.25) is 0 Å². The van der Waals surface area contributed by atoms with E-state index in [0.717, 1.165) is 18.5 Å². The molecule has 3 heteroatoms. The average Bonchev–Trinajstić information content (AvgIpc) is 2.58. The Bertz CT molecular complexity index is 457. The number of hydrogen-bond donors (Lipinski definition) is 1. The van der Waals surface area contributed by atoms with Crippen molar-refractivity contribution in [2.24, 2.45) is 5.73 Å². The van der Waals surface area contributed by atoms with Crippen LogP contribution in [0.5, 0.6) is 0 Å². The maximum absolute atomic E-state index is 5.78. The van der Waals surface area contributed by atoms with Gasteiger partial charge in [-0.25, -0.2) is 0 Å². The van der Waals surface area contributed by atoms with Crippen molar-refractivity contribution in [3.8, 4) is 0 Å². The zero-order valence-corrected chi connectivity index (χ0v) is 9.27. The van der Waals surface area contributed by atoms with Crippen molar-refractivity contribution >= 4 is 10.9 Å². The van der Waals surface area contributed by atoms with Gasteiger partial charge in [-0.1, -0.05) is 6.07 Å². The average molecular weight is 203 g/mol. The second-order valence-electron chi connectivity index (χ2n) is 4.06. The van der Waals surface area contributed by atoms with Crippen LogP contribution >= 0.6 is 0 Å². The summed E-state index contributed by atoms with van der Waals surface area (Å²) in [6.45, 7) is 5.03. The van der Waals surface area contributed by atoms with Crippen molar-refractivity contribution in [1.29, 1.82) is 0 Å². The Morgan fingerprint density at radius 3 is 2.93 bits per heavy atom. The molecule has 2 aromatic rings. The molecule has 1 aromatic carbocycles. The van der Waals surface area contributed by atoms with Crippen molar-refractivity contribution in [3.63, 3.8) is 0 Å². The van der Waals surface area contributed by atoms with Crippen LogP contribution in [0, 0.1) is 0 Å². The Kier molecular flexibility index (Phi) is 2.73. The first kappa shape index (κ1) is 10.2. The summed E-state index contributed by atoms with van der Waals surface area (Å²) in [7, 11) is 0. The Morgan fingerprint density at radius 2 is 2.27 bits per heavy atom. The van der Waals surface area contributed by atoms with Crippen molar-refractivity contribution in [2.45, 2.75) is 32.9 Å². The van der Waals surface area contributed by atoms with Crippen molar-refractivity contribution in [3.05, 3.63) is 30.0 Å². The zero-order valence-electron chi connectivity index (χ0n) is 9.27. The number of nitrogens with two attached hydrogens (primary N) is 1. The molecule has 0 amide bonds. The van der Waals surface area contributed by atoms with Gasteiger partial charge >= 0.3 is 0 Å². The molecule has 0 saturated heterocycles. The number of aryl methyl sites for hydroxylation is 1. The Balaban J connectivity index is 2.37. The predicted molar refractivity (Wildman–Crippen MR) is 62.8 cm³/mol. The third-order valence-electron chi connectivity index (χ3n) is 2.50. The summed E-state index contributed by atoms with van der Waals surface area (Å²) in [4.78, 5) is 0. The van der Waals surface area contributed by atoms with Gasteiger partial charge in [0.25, 0.3) is 0 Å². The lowest BCUT2D eigenvalue weighted by molar-refractivity contribution is 0.668. The third kappa shape index (κ3) is 2.18. The fourth-order valence-corrected chi connectivity index (χ4v) is 1.79. The van der Waals surface area contributed by atoms with E-state index in [1.807, 2.05) is 11.6 Å². The molecular formula is C12H17N3. The molecule has 0 aliphatic carbocycles. The molecule has 2 rings (SSSR count). The minimum atomic E-state index is 0.212. The molecule has 1 heterocycles. The van der Waals surface area contributed by atoms with Crippen LogP contribution in [-0.2, 0) is 13.0 Å². The summed E-state index contributed by atoms with van der Waals surface area (Å²) in [5, 5.41) is 5.64. The van der Waals surface area contributed by atoms with Crippen LogP contribution < -0.4 is 5.73 Å². The standard InChI is InChI=1S/C12H17N3/c1-3-15-8-11-7-10(6-9(2)13)4-5-12(11)14-15/h4-5,7-9H,3,6,13H2,1-2H3. The lowest BCUT2D eigenvalue weighted by Crippen LogP contribution is -2.17. The first-order valence-corrected chi connectivity index (χ1v) is 5.40. The second-order valence-corrected chi connectivity index (χ2v) is 4.06. The summed E-state index contributed by atoms with van der Waals surface area (Å²) in [5.74, 6) is 0. The van der Waals surface area contributed by atoms with E-state index in [9.17, 15) is 0 Å². The number of aromatic nitrogens is 2. The number of nitrogens with zero attached hydrogens (tertiary/aromatic N) is 2. The second kappa shape index (κ2) is 4.03. The molecule has 3 nitrogen and oxygen atoms in total. The molecule has 0 spiro atoms. The smallest absolute Gasteiger partial charge is 0.0923 e. The number of fused-ring (bicyclic) bond motifs is 1. The molecule has 1 atom stereocenters. The van der Waals surface area contributed by atoms with Crippen LogP contribution in [-0.4, -0.2) is 15.8 Å². The summed E-state index contributed by atoms with van der Waals surface area (Å²) in [6.07, 6.45) is 3.01. The first-order chi connectivity index (χ1) is 7.19. The van der Waals surface area contributed by atoms with Gasteiger partial charge in [0.05, 0.1) is 5.52 Å². The SMILES string of the molecule is CCn1cc2cc(CC(C)N)ccc2n1. The normalized spacial score (nSPS) is 13.3. The van der Waals surface area contributed by atoms with E-state index in [1.165, 1.54) is 10.9 Å². The van der Waals surface area contributed by atoms with E-state index in [0.29, 0.717) is 0 Å². The van der Waals surface area contributed by atoms with Crippen molar-refractivity contribution < 1.29 is 0 Å². The molecule has 1 unspecified atom stereocenters. The molecule has 80 valence electrons. The molecular weight excluding hydrogens is 186 g/mol. The fraction of sp³-hybridized carbons (Fsp3) is 0.417. The third-order valence-corrected chi connectivity index (χ3v) is 2.50. The predicted octanol–water partition coefficient (Wildman–Crippen LogP) is 1.95. The highest BCUT2D eigenvalue weighted by Gasteiger charge is 2.02. The highest BCUT2D eigenvalue weighted by Crippen LogP contribution is 2.15. The molecule has 0 aliphatic heterocycles. The molecule has 0 fully saturated rings. The van der Waals surface area contributed by atoms with Crippen LogP contribution in [0.15, 0.2) is 24.4 Å². The Labute approximate surface area is 89.9 Å². The molecule has 1 aromatic heterocycles. The maximum Gasteiger partial charge on any atom is 0.0923 e. The highest BCUT2D eigenvalue weighted by molar-refractivity contribution is 5.78. The summed E-state index contributed by atoms with van der Waals surface area (Å²) in [5.41, 5.74) is 8.12. The Hall–Kier alpha value is -1.35. The molecule has 2 N–H and O–H groups in total. The van der Waals surface area contributed by atoms with Gasteiger partial charge in [0, 0.05) is 24.2 Å². The highest BCUT2D eigenvalue weighted by atomic mass is 15.3. The van der Waals surface area contributed by atoms with Gasteiger partial charge in [-0.15, -0.1) is 0 Å². The number of hydrogen-bond acceptors (Lipinski definition) is 2. The van der Waals surface area contributed by atoms with Crippen LogP contribution in [0.4, 0.5) is 0 Å². The minimum Gasteiger partial charge on any atom is -0.328 e. The van der Waals surface area contributed by atoms with Crippen molar-refractivity contribution in [2.75, 3.05) is 0 Å². The summed E-state index contributed by atoms with van der Waals surface area (Å²) >= 11 is 0. The van der Waals surface area contributed by atoms with E-state index >= 15 is 0 Å². The summed E-state index contributed by atoms with van der Waals surface area (Å²) < 4.78 is 1.96. The van der Waals surface area contributed by atoms with Crippen molar-refractivity contribution in [1.82, 2.24) is 9.78 Å². The van der Waals surface area contributed by atoms with E-state index in [2.05, 4.69) is 36.4 Å². The van der Waals surface area contributed by atoms with Crippen LogP contribution in [0.25, 0.3) is 10.9 Å². The largest absolute Gasteiger partial charge is 0.328 e. The topological polar surface area (TPSA) is 43.8 Å². The molecule has 0 bridgehead atoms. The lowest BCUT2D eigenvalue weighted by atomic mass is 10.1. The van der Waals surface area contributed by atoms with Gasteiger partial charge in [-0.2, -0.15) is 5.10 Å². The molecule has 15 heavy (non-hydrogen) atoms. The molecule has 0 saturated carbocycles. The van der Waals surface area contributed by atoms with E-state index in [4.69, 9.17) is 5.73 Å². The monoisotopic (exact) mass is 203 g/mol. The number of rotatable bonds is 3. The number of benzene rings is 1. The van der Waals surface area contributed by atoms with E-state index in [-0.39, 0.29) is 6.04 Å². The fourth-order valence-electron chi connectivity index (χ4n) is 1.79. The minimum absolute atomic E-state index is 0.212. The van der Waals surface area contributed by atoms with Gasteiger partial charge in [0.2, 0.25) is 0 Å². The van der Waals surface area contributed by atoms with E-state index in [1.54, 1.807) is 0 Å². The zero-order chi connectivity index (χ0) is 10.8. The van der Waals surface area contributed by atoms with Crippen LogP contribution in [0.1, 0.15) is 19.4 Å². The van der Waals surface area contributed by atoms with Gasteiger partial charge in [-0.05, 0) is 38.0 Å². The first-order valence-electron chi connectivity index (χ1n) is 5.40. The lowest BCUT2D eigenvalue weighted by Gasteiger charge is -2.04. The van der Waals surface area contributed by atoms with E-state index < -0.39 is 0 Å². The molecule has 0 aliphatic rings. The van der Waals surface area contributed by atoms with Gasteiger partial charge in [0.15, 0.2) is 0 Å². The quantitative estimate of drug-likeness (QED) is 0.828. The summed E-state index contributed by atoms with van der Waals surface area (Å²) in [6, 6.07) is 6.57. The van der Waals surface area contributed by atoms with Crippen LogP contribution in [0.3, 0.4) is 0 Å². The Morgan fingerprint density at radius 1 is 1.47 bits per heavy atom. The van der Waals surface area contributed by atoms with Gasteiger partial charge in [0.1, 0.15) is 0 Å². The van der Waals surface area contributed by atoms with Gasteiger partial charge < -0.3 is 5.73 Å². The molecule has 0 radical (unpaired) electrons. The maximum atomic E-state index is 5.78. The van der Waals surface area contributed by atoms with Gasteiger partial charge in [-0.3, -0.25) is 4.68 Å².